The first kappa shape index (κ1) is 31.4. The maximum atomic E-state index is 14.4. The average molecular weight is 606 g/mol. The van der Waals surface area contributed by atoms with E-state index in [2.05, 4.69) is 60.6 Å². The van der Waals surface area contributed by atoms with E-state index in [0.29, 0.717) is 42.5 Å². The largest absolute Gasteiger partial charge is 0.345 e. The van der Waals surface area contributed by atoms with Gasteiger partial charge in [0.2, 0.25) is 0 Å². The minimum atomic E-state index is -0.816. The number of carbonyl (C=O) groups is 2. The molecular formula is C33H41F2N7O2. The molecule has 5 rings (SSSR count). The number of aromatic amines is 1. The molecule has 44 heavy (non-hydrogen) atoms. The molecule has 2 aromatic carbocycles. The van der Waals surface area contributed by atoms with Crippen LogP contribution in [-0.2, 0) is 11.3 Å². The highest BCUT2D eigenvalue weighted by Gasteiger charge is 2.52. The first-order chi connectivity index (χ1) is 20.8. The van der Waals surface area contributed by atoms with Gasteiger partial charge >= 0.3 is 0 Å². The summed E-state index contributed by atoms with van der Waals surface area (Å²) < 4.78 is 28.7. The smallest absolute Gasteiger partial charge is 0.275 e. The van der Waals surface area contributed by atoms with Gasteiger partial charge in [0, 0.05) is 17.2 Å². The third kappa shape index (κ3) is 6.87. The fourth-order valence-electron chi connectivity index (χ4n) is 6.43. The number of aliphatic imine (C=N–C) groups is 1. The van der Waals surface area contributed by atoms with E-state index in [1.54, 1.807) is 12.1 Å². The van der Waals surface area contributed by atoms with Gasteiger partial charge < -0.3 is 10.2 Å². The topological polar surface area (TPSA) is 116 Å². The summed E-state index contributed by atoms with van der Waals surface area (Å²) >= 11 is 0. The number of halogens is 2. The fourth-order valence-corrected chi connectivity index (χ4v) is 6.43. The molecule has 1 aliphatic carbocycles. The molecule has 1 fully saturated rings. The normalized spacial score (nSPS) is 21.2. The van der Waals surface area contributed by atoms with Crippen LogP contribution in [0.5, 0.6) is 0 Å². The van der Waals surface area contributed by atoms with Crippen molar-refractivity contribution in [2.24, 2.45) is 22.2 Å². The number of aromatic nitrogens is 4. The molecule has 9 nitrogen and oxygen atoms in total. The van der Waals surface area contributed by atoms with E-state index in [4.69, 9.17) is 4.99 Å². The van der Waals surface area contributed by atoms with Gasteiger partial charge in [-0.2, -0.15) is 5.21 Å². The fraction of sp³-hybridized carbons (Fsp3) is 0.515. The summed E-state index contributed by atoms with van der Waals surface area (Å²) in [5.74, 6) is -0.703. The van der Waals surface area contributed by atoms with Gasteiger partial charge in [-0.15, -0.1) is 10.2 Å². The third-order valence-corrected chi connectivity index (χ3v) is 8.93. The number of carbonyl (C=O) groups excluding carboxylic acids is 2. The predicted octanol–water partition coefficient (Wildman–Crippen LogP) is 6.15. The molecule has 0 bridgehead atoms. The number of hydrogen-bond donors (Lipinski definition) is 2. The Hall–Kier alpha value is -4.02. The van der Waals surface area contributed by atoms with Crippen molar-refractivity contribution in [2.45, 2.75) is 91.4 Å². The van der Waals surface area contributed by atoms with Crippen molar-refractivity contribution in [3.63, 3.8) is 0 Å². The lowest BCUT2D eigenvalue weighted by Gasteiger charge is -2.46. The zero-order valence-corrected chi connectivity index (χ0v) is 26.0. The van der Waals surface area contributed by atoms with Gasteiger partial charge in [0.15, 0.2) is 5.82 Å². The highest BCUT2D eigenvalue weighted by atomic mass is 19.1. The molecule has 2 amide bonds. The summed E-state index contributed by atoms with van der Waals surface area (Å²) in [6, 6.07) is 10.1. The Balaban J connectivity index is 1.50. The van der Waals surface area contributed by atoms with Crippen LogP contribution in [0.25, 0.3) is 0 Å². The highest BCUT2D eigenvalue weighted by molar-refractivity contribution is 6.46. The first-order valence-corrected chi connectivity index (χ1v) is 15.4. The molecule has 234 valence electrons. The summed E-state index contributed by atoms with van der Waals surface area (Å²) in [6.07, 6.45) is 4.64. The number of rotatable bonds is 9. The van der Waals surface area contributed by atoms with Gasteiger partial charge in [-0.1, -0.05) is 52.0 Å². The third-order valence-electron chi connectivity index (χ3n) is 8.93. The summed E-state index contributed by atoms with van der Waals surface area (Å²) in [6.45, 7) is 11.1. The molecule has 2 N–H and O–H groups in total. The highest BCUT2D eigenvalue weighted by Crippen LogP contribution is 2.48. The van der Waals surface area contributed by atoms with Crippen molar-refractivity contribution in [3.8, 4) is 0 Å². The minimum Gasteiger partial charge on any atom is -0.345 e. The van der Waals surface area contributed by atoms with Gasteiger partial charge in [0.05, 0.1) is 12.6 Å². The van der Waals surface area contributed by atoms with Crippen molar-refractivity contribution in [3.05, 3.63) is 76.6 Å². The lowest BCUT2D eigenvalue weighted by Crippen LogP contribution is -2.51. The standard InChI is InChI=1S/C33H41F2N7O2/c1-20(2)21-10-14-33(15-11-21)37-29(24-16-25(34)18-26(35)17-24)31(44)42(33)27(12-13-32(3,4)5)22-6-8-23(9-7-22)30(43)36-19-28-38-40-41-39-28/h6-9,16-18,20-21,27H,10-15,19H2,1-5H3,(H,36,43)(H,38,39,40,41)/t21?,27-,33?/m1/s1. The Morgan fingerprint density at radius 2 is 1.75 bits per heavy atom. The van der Waals surface area contributed by atoms with E-state index >= 15 is 0 Å². The average Bonchev–Trinajstić information content (AvgIpc) is 3.58. The van der Waals surface area contributed by atoms with Crippen LogP contribution in [0.1, 0.15) is 106 Å². The number of nitrogens with one attached hydrogen (secondary N) is 2. The van der Waals surface area contributed by atoms with Crippen molar-refractivity contribution in [2.75, 3.05) is 0 Å². The molecule has 0 unspecified atom stereocenters. The van der Waals surface area contributed by atoms with Gasteiger partial charge in [-0.3, -0.25) is 14.6 Å². The molecule has 1 aliphatic heterocycles. The Morgan fingerprint density at radius 1 is 1.09 bits per heavy atom. The van der Waals surface area contributed by atoms with E-state index in [9.17, 15) is 18.4 Å². The molecule has 0 saturated heterocycles. The zero-order valence-electron chi connectivity index (χ0n) is 26.0. The second-order valence-electron chi connectivity index (χ2n) is 13.6. The van der Waals surface area contributed by atoms with E-state index < -0.39 is 17.3 Å². The van der Waals surface area contributed by atoms with Gasteiger partial charge in [0.1, 0.15) is 23.0 Å². The summed E-state index contributed by atoms with van der Waals surface area (Å²) in [5.41, 5.74) is 0.772. The Bertz CT molecular complexity index is 1490. The van der Waals surface area contributed by atoms with E-state index in [1.807, 2.05) is 17.0 Å². The van der Waals surface area contributed by atoms with Crippen LogP contribution in [0.2, 0.25) is 0 Å². The van der Waals surface area contributed by atoms with Crippen LogP contribution >= 0.6 is 0 Å². The number of benzene rings is 2. The van der Waals surface area contributed by atoms with E-state index in [0.717, 1.165) is 30.9 Å². The van der Waals surface area contributed by atoms with E-state index in [1.165, 1.54) is 12.1 Å². The monoisotopic (exact) mass is 605 g/mol. The number of amides is 2. The summed E-state index contributed by atoms with van der Waals surface area (Å²) in [7, 11) is 0. The van der Waals surface area contributed by atoms with Gasteiger partial charge in [-0.25, -0.2) is 8.78 Å². The minimum absolute atomic E-state index is 0.00611. The van der Waals surface area contributed by atoms with Crippen LogP contribution in [0.4, 0.5) is 8.78 Å². The summed E-state index contributed by atoms with van der Waals surface area (Å²) in [5, 5.41) is 16.3. The molecular weight excluding hydrogens is 564 g/mol. The van der Waals surface area contributed by atoms with Crippen LogP contribution in [0.15, 0.2) is 47.5 Å². The number of hydrogen-bond acceptors (Lipinski definition) is 6. The maximum absolute atomic E-state index is 14.4. The first-order valence-electron chi connectivity index (χ1n) is 15.4. The van der Waals surface area contributed by atoms with Gasteiger partial charge in [-0.05, 0) is 85.6 Å². The Labute approximate surface area is 256 Å². The number of tetrazole rings is 1. The second-order valence-corrected chi connectivity index (χ2v) is 13.6. The molecule has 1 spiro atoms. The lowest BCUT2D eigenvalue weighted by atomic mass is 9.75. The lowest BCUT2D eigenvalue weighted by molar-refractivity contribution is -0.133. The molecule has 1 aromatic heterocycles. The summed E-state index contributed by atoms with van der Waals surface area (Å²) in [4.78, 5) is 34.2. The Morgan fingerprint density at radius 3 is 2.32 bits per heavy atom. The van der Waals surface area contributed by atoms with Crippen molar-refractivity contribution < 1.29 is 18.4 Å². The maximum Gasteiger partial charge on any atom is 0.275 e. The molecule has 3 aromatic rings. The van der Waals surface area contributed by atoms with Crippen molar-refractivity contribution in [1.82, 2.24) is 30.8 Å². The Kier molecular flexibility index (Phi) is 8.95. The predicted molar refractivity (Wildman–Crippen MR) is 162 cm³/mol. The van der Waals surface area contributed by atoms with Crippen LogP contribution in [0, 0.1) is 28.9 Å². The van der Waals surface area contributed by atoms with Crippen LogP contribution < -0.4 is 5.32 Å². The second kappa shape index (κ2) is 12.5. The van der Waals surface area contributed by atoms with E-state index in [-0.39, 0.29) is 41.1 Å². The molecule has 0 radical (unpaired) electrons. The molecule has 1 atom stereocenters. The molecule has 1 saturated carbocycles. The van der Waals surface area contributed by atoms with Crippen molar-refractivity contribution >= 4 is 17.5 Å². The molecule has 11 heteroatoms. The SMILES string of the molecule is CC(C)C1CCC2(CC1)N=C(c1cc(F)cc(F)c1)C(=O)N2[C@H](CCC(C)(C)C)c1ccc(C(=O)NCc2nn[nH]n2)cc1. The van der Waals surface area contributed by atoms with Gasteiger partial charge in [0.25, 0.3) is 11.8 Å². The van der Waals surface area contributed by atoms with Crippen molar-refractivity contribution in [1.29, 1.82) is 0 Å². The molecule has 2 heterocycles. The molecule has 2 aliphatic rings. The quantitative estimate of drug-likeness (QED) is 0.304. The number of nitrogens with zero attached hydrogens (tertiary/aromatic N) is 5. The van der Waals surface area contributed by atoms with Crippen LogP contribution in [0.3, 0.4) is 0 Å². The zero-order chi connectivity index (χ0) is 31.6. The number of H-pyrrole nitrogens is 1. The van der Waals surface area contributed by atoms with Crippen LogP contribution in [-0.4, -0.2) is 48.7 Å².